The van der Waals surface area contributed by atoms with E-state index in [1.807, 2.05) is 43.3 Å². The highest BCUT2D eigenvalue weighted by atomic mass is 79.9. The van der Waals surface area contributed by atoms with Crippen LogP contribution in [-0.2, 0) is 10.5 Å². The van der Waals surface area contributed by atoms with Gasteiger partial charge in [-0.25, -0.2) is 0 Å². The Morgan fingerprint density at radius 2 is 2.11 bits per heavy atom. The van der Waals surface area contributed by atoms with Gasteiger partial charge in [-0.15, -0.1) is 11.8 Å². The summed E-state index contributed by atoms with van der Waals surface area (Å²) in [6.45, 7) is 1.89. The molecule has 100 valence electrons. The van der Waals surface area contributed by atoms with E-state index in [4.69, 9.17) is 4.42 Å². The SMILES string of the molecule is CC(SCc1ccco1)C(=O)Nc1ccc(Br)cc1. The zero-order chi connectivity index (χ0) is 13.7. The fourth-order valence-electron chi connectivity index (χ4n) is 1.45. The number of carbonyl (C=O) groups is 1. The maximum absolute atomic E-state index is 12.0. The molecule has 1 aromatic carbocycles. The molecular formula is C14H14BrNO2S. The van der Waals surface area contributed by atoms with Crippen molar-refractivity contribution in [2.45, 2.75) is 17.9 Å². The molecule has 0 bridgehead atoms. The number of carbonyl (C=O) groups excluding carboxylic acids is 1. The minimum absolute atomic E-state index is 0.00104. The third-order valence-electron chi connectivity index (χ3n) is 2.54. The molecule has 1 N–H and O–H groups in total. The molecule has 1 unspecified atom stereocenters. The number of hydrogen-bond donors (Lipinski definition) is 1. The van der Waals surface area contributed by atoms with Crippen molar-refractivity contribution in [3.63, 3.8) is 0 Å². The topological polar surface area (TPSA) is 42.2 Å². The Hall–Kier alpha value is -1.20. The molecule has 0 fully saturated rings. The van der Waals surface area contributed by atoms with Crippen molar-refractivity contribution >= 4 is 39.3 Å². The van der Waals surface area contributed by atoms with E-state index < -0.39 is 0 Å². The Morgan fingerprint density at radius 1 is 1.37 bits per heavy atom. The van der Waals surface area contributed by atoms with E-state index in [1.54, 1.807) is 18.0 Å². The molecule has 2 aromatic rings. The van der Waals surface area contributed by atoms with Gasteiger partial charge in [0.15, 0.2) is 0 Å². The molecule has 0 aliphatic heterocycles. The number of thioether (sulfide) groups is 1. The molecule has 5 heteroatoms. The van der Waals surface area contributed by atoms with Crippen LogP contribution >= 0.6 is 27.7 Å². The smallest absolute Gasteiger partial charge is 0.237 e. The Labute approximate surface area is 124 Å². The van der Waals surface area contributed by atoms with E-state index in [0.29, 0.717) is 5.75 Å². The Balaban J connectivity index is 1.83. The molecule has 0 spiro atoms. The van der Waals surface area contributed by atoms with Gasteiger partial charge < -0.3 is 9.73 Å². The predicted molar refractivity (Wildman–Crippen MR) is 82.2 cm³/mol. The summed E-state index contributed by atoms with van der Waals surface area (Å²) < 4.78 is 6.23. The summed E-state index contributed by atoms with van der Waals surface area (Å²) >= 11 is 4.91. The van der Waals surface area contributed by atoms with Crippen LogP contribution in [0.2, 0.25) is 0 Å². The Morgan fingerprint density at radius 3 is 2.74 bits per heavy atom. The number of rotatable bonds is 5. The van der Waals surface area contributed by atoms with E-state index in [9.17, 15) is 4.79 Å². The van der Waals surface area contributed by atoms with E-state index >= 15 is 0 Å². The van der Waals surface area contributed by atoms with Crippen molar-refractivity contribution < 1.29 is 9.21 Å². The molecule has 0 aliphatic rings. The fraction of sp³-hybridized carbons (Fsp3) is 0.214. The average molecular weight is 340 g/mol. The van der Waals surface area contributed by atoms with Crippen molar-refractivity contribution in [2.75, 3.05) is 5.32 Å². The van der Waals surface area contributed by atoms with Crippen molar-refractivity contribution in [2.24, 2.45) is 0 Å². The van der Waals surface area contributed by atoms with Crippen LogP contribution in [0.5, 0.6) is 0 Å². The van der Waals surface area contributed by atoms with E-state index in [-0.39, 0.29) is 11.2 Å². The standard InChI is InChI=1S/C14H14BrNO2S/c1-10(19-9-13-3-2-8-18-13)14(17)16-12-6-4-11(15)5-7-12/h2-8,10H,9H2,1H3,(H,16,17). The maximum Gasteiger partial charge on any atom is 0.237 e. The van der Waals surface area contributed by atoms with Gasteiger partial charge in [0.05, 0.1) is 17.3 Å². The second-order valence-corrected chi connectivity index (χ2v) is 6.27. The lowest BCUT2D eigenvalue weighted by molar-refractivity contribution is -0.115. The predicted octanol–water partition coefficient (Wildman–Crippen LogP) is 4.30. The molecule has 0 saturated heterocycles. The highest BCUT2D eigenvalue weighted by Gasteiger charge is 2.14. The number of amides is 1. The fourth-order valence-corrected chi connectivity index (χ4v) is 2.51. The van der Waals surface area contributed by atoms with Gasteiger partial charge in [-0.3, -0.25) is 4.79 Å². The Bertz CT molecular complexity index is 525. The van der Waals surface area contributed by atoms with Crippen LogP contribution in [0.25, 0.3) is 0 Å². The summed E-state index contributed by atoms with van der Waals surface area (Å²) in [5.41, 5.74) is 0.804. The second-order valence-electron chi connectivity index (χ2n) is 4.03. The van der Waals surface area contributed by atoms with Crippen molar-refractivity contribution in [1.82, 2.24) is 0 Å². The quantitative estimate of drug-likeness (QED) is 0.882. The summed E-state index contributed by atoms with van der Waals surface area (Å²) in [5, 5.41) is 2.76. The molecule has 1 aromatic heterocycles. The minimum Gasteiger partial charge on any atom is -0.468 e. The number of nitrogens with one attached hydrogen (secondary N) is 1. The van der Waals surface area contributed by atoms with Gasteiger partial charge in [-0.05, 0) is 43.3 Å². The molecule has 0 saturated carbocycles. The van der Waals surface area contributed by atoms with E-state index in [2.05, 4.69) is 21.2 Å². The first-order valence-corrected chi connectivity index (χ1v) is 7.70. The summed E-state index contributed by atoms with van der Waals surface area (Å²) in [6.07, 6.45) is 1.64. The van der Waals surface area contributed by atoms with Gasteiger partial charge in [0, 0.05) is 10.2 Å². The number of furan rings is 1. The van der Waals surface area contributed by atoms with Crippen LogP contribution in [0, 0.1) is 0 Å². The molecule has 1 amide bonds. The highest BCUT2D eigenvalue weighted by molar-refractivity contribution is 9.10. The van der Waals surface area contributed by atoms with Crippen LogP contribution in [-0.4, -0.2) is 11.2 Å². The molecule has 0 aliphatic carbocycles. The third kappa shape index (κ3) is 4.44. The van der Waals surface area contributed by atoms with Gasteiger partial charge in [0.25, 0.3) is 0 Å². The van der Waals surface area contributed by atoms with Gasteiger partial charge in [0.2, 0.25) is 5.91 Å². The zero-order valence-corrected chi connectivity index (χ0v) is 12.8. The Kier molecular flexibility index (Phi) is 5.10. The van der Waals surface area contributed by atoms with Gasteiger partial charge in [0.1, 0.15) is 5.76 Å². The highest BCUT2D eigenvalue weighted by Crippen LogP contribution is 2.20. The summed E-state index contributed by atoms with van der Waals surface area (Å²) in [5.74, 6) is 1.58. The lowest BCUT2D eigenvalue weighted by Crippen LogP contribution is -2.22. The molecule has 0 radical (unpaired) electrons. The first-order valence-electron chi connectivity index (χ1n) is 5.85. The summed E-state index contributed by atoms with van der Waals surface area (Å²) in [4.78, 5) is 12.0. The minimum atomic E-state index is -0.131. The molecule has 1 atom stereocenters. The van der Waals surface area contributed by atoms with Gasteiger partial charge >= 0.3 is 0 Å². The van der Waals surface area contributed by atoms with E-state index in [1.165, 1.54) is 0 Å². The van der Waals surface area contributed by atoms with Crippen molar-refractivity contribution in [3.8, 4) is 0 Å². The first kappa shape index (κ1) is 14.2. The van der Waals surface area contributed by atoms with Crippen molar-refractivity contribution in [1.29, 1.82) is 0 Å². The largest absolute Gasteiger partial charge is 0.468 e. The number of benzene rings is 1. The van der Waals surface area contributed by atoms with Crippen LogP contribution < -0.4 is 5.32 Å². The molecule has 3 nitrogen and oxygen atoms in total. The lowest BCUT2D eigenvalue weighted by Gasteiger charge is -2.11. The van der Waals surface area contributed by atoms with Gasteiger partial charge in [-0.1, -0.05) is 15.9 Å². The van der Waals surface area contributed by atoms with E-state index in [0.717, 1.165) is 15.9 Å². The van der Waals surface area contributed by atoms with Crippen LogP contribution in [0.15, 0.2) is 51.6 Å². The first-order chi connectivity index (χ1) is 9.15. The monoisotopic (exact) mass is 339 g/mol. The number of halogens is 1. The third-order valence-corrected chi connectivity index (χ3v) is 4.23. The second kappa shape index (κ2) is 6.82. The van der Waals surface area contributed by atoms with Gasteiger partial charge in [-0.2, -0.15) is 0 Å². The molecule has 2 rings (SSSR count). The zero-order valence-electron chi connectivity index (χ0n) is 10.4. The molecule has 19 heavy (non-hydrogen) atoms. The van der Waals surface area contributed by atoms with Crippen LogP contribution in [0.3, 0.4) is 0 Å². The summed E-state index contributed by atoms with van der Waals surface area (Å²) in [7, 11) is 0. The number of hydrogen-bond acceptors (Lipinski definition) is 3. The molecular weight excluding hydrogens is 326 g/mol. The van der Waals surface area contributed by atoms with Crippen LogP contribution in [0.4, 0.5) is 5.69 Å². The maximum atomic E-state index is 12.0. The average Bonchev–Trinajstić information content (AvgIpc) is 2.91. The molecule has 1 heterocycles. The van der Waals surface area contributed by atoms with Crippen molar-refractivity contribution in [3.05, 3.63) is 52.9 Å². The lowest BCUT2D eigenvalue weighted by atomic mass is 10.3. The summed E-state index contributed by atoms with van der Waals surface area (Å²) in [6, 6.07) is 11.3. The van der Waals surface area contributed by atoms with Crippen LogP contribution in [0.1, 0.15) is 12.7 Å². The number of anilines is 1. The normalized spacial score (nSPS) is 12.1.